The van der Waals surface area contributed by atoms with Crippen LogP contribution in [0.15, 0.2) is 49.1 Å². The van der Waals surface area contributed by atoms with Crippen LogP contribution in [-0.4, -0.2) is 37.1 Å². The smallest absolute Gasteiger partial charge is 0.203 e. The van der Waals surface area contributed by atoms with Crippen molar-refractivity contribution >= 4 is 29.5 Å². The highest BCUT2D eigenvalue weighted by molar-refractivity contribution is 6.36. The quantitative estimate of drug-likeness (QED) is 0.441. The number of rotatable bonds is 9. The van der Waals surface area contributed by atoms with Crippen molar-refractivity contribution in [1.29, 1.82) is 0 Å². The first-order valence-electron chi connectivity index (χ1n) is 9.11. The summed E-state index contributed by atoms with van der Waals surface area (Å²) in [5.74, 6) is 0.491. The third-order valence-electron chi connectivity index (χ3n) is 4.59. The van der Waals surface area contributed by atoms with Gasteiger partial charge in [-0.2, -0.15) is 0 Å². The number of pyridine rings is 2. The third-order valence-corrected chi connectivity index (χ3v) is 5.19. The van der Waals surface area contributed by atoms with Crippen LogP contribution in [0.4, 0.5) is 0 Å². The molecule has 0 saturated heterocycles. The molecule has 1 unspecified atom stereocenters. The van der Waals surface area contributed by atoms with Gasteiger partial charge in [0, 0.05) is 42.3 Å². The number of halogens is 2. The van der Waals surface area contributed by atoms with E-state index in [2.05, 4.69) is 9.97 Å². The largest absolute Gasteiger partial charge is 0.493 e. The van der Waals surface area contributed by atoms with Crippen LogP contribution in [0.25, 0.3) is 0 Å². The average molecular weight is 447 g/mol. The van der Waals surface area contributed by atoms with Crippen LogP contribution in [0.5, 0.6) is 17.2 Å². The van der Waals surface area contributed by atoms with Crippen LogP contribution in [0.3, 0.4) is 0 Å². The molecule has 0 saturated carbocycles. The lowest BCUT2D eigenvalue weighted by atomic mass is 9.92. The van der Waals surface area contributed by atoms with E-state index in [0.29, 0.717) is 41.4 Å². The van der Waals surface area contributed by atoms with Gasteiger partial charge in [0.25, 0.3) is 0 Å². The maximum atomic E-state index is 12.1. The van der Waals surface area contributed by atoms with E-state index in [1.165, 1.54) is 26.6 Å². The monoisotopic (exact) mass is 446 g/mol. The van der Waals surface area contributed by atoms with Gasteiger partial charge in [-0.05, 0) is 23.8 Å². The molecule has 1 aromatic carbocycles. The normalized spacial score (nSPS) is 11.6. The fourth-order valence-electron chi connectivity index (χ4n) is 3.14. The van der Waals surface area contributed by atoms with E-state index in [1.54, 1.807) is 24.5 Å². The maximum Gasteiger partial charge on any atom is 0.203 e. The van der Waals surface area contributed by atoms with Gasteiger partial charge < -0.3 is 19.0 Å². The molecule has 156 valence electrons. The van der Waals surface area contributed by atoms with Gasteiger partial charge in [0.05, 0.1) is 36.8 Å². The first-order chi connectivity index (χ1) is 14.6. The second-order valence-corrected chi connectivity index (χ2v) is 7.12. The van der Waals surface area contributed by atoms with Crippen LogP contribution < -0.4 is 14.2 Å². The van der Waals surface area contributed by atoms with Crippen molar-refractivity contribution in [3.05, 3.63) is 75.8 Å². The van der Waals surface area contributed by atoms with Gasteiger partial charge in [0.1, 0.15) is 6.29 Å². The highest BCUT2D eigenvalue weighted by Gasteiger charge is 2.27. The molecule has 0 bridgehead atoms. The lowest BCUT2D eigenvalue weighted by Gasteiger charge is -2.21. The highest BCUT2D eigenvalue weighted by atomic mass is 35.5. The zero-order valence-electron chi connectivity index (χ0n) is 16.5. The number of aldehydes is 1. The van der Waals surface area contributed by atoms with Crippen molar-refractivity contribution < 1.29 is 19.0 Å². The van der Waals surface area contributed by atoms with Crippen molar-refractivity contribution in [2.24, 2.45) is 0 Å². The molecule has 3 aromatic rings. The van der Waals surface area contributed by atoms with Gasteiger partial charge in [-0.25, -0.2) is 0 Å². The number of carbonyl (C=O) groups is 1. The van der Waals surface area contributed by atoms with E-state index in [9.17, 15) is 4.79 Å². The van der Waals surface area contributed by atoms with Gasteiger partial charge in [0.2, 0.25) is 5.75 Å². The SMILES string of the molecule is COc1ccc(C(C=O)c2c(Cl)cncc2Cl)c(OCCc2ccncc2)c1OC. The Balaban J connectivity index is 2.03. The van der Waals surface area contributed by atoms with Crippen LogP contribution in [0.2, 0.25) is 10.0 Å². The Morgan fingerprint density at radius 1 is 0.967 bits per heavy atom. The Morgan fingerprint density at radius 2 is 1.67 bits per heavy atom. The van der Waals surface area contributed by atoms with Crippen molar-refractivity contribution in [3.63, 3.8) is 0 Å². The summed E-state index contributed by atoms with van der Waals surface area (Å²) in [4.78, 5) is 20.1. The fourth-order valence-corrected chi connectivity index (χ4v) is 3.74. The van der Waals surface area contributed by atoms with Gasteiger partial charge in [0.15, 0.2) is 11.5 Å². The number of ether oxygens (including phenoxy) is 3. The Bertz CT molecular complexity index is 995. The number of methoxy groups -OCH3 is 2. The van der Waals surface area contributed by atoms with Crippen molar-refractivity contribution in [1.82, 2.24) is 9.97 Å². The summed E-state index contributed by atoms with van der Waals surface area (Å²) in [5.41, 5.74) is 2.09. The molecule has 0 aliphatic heterocycles. The summed E-state index contributed by atoms with van der Waals surface area (Å²) in [6.07, 6.45) is 7.76. The first-order valence-corrected chi connectivity index (χ1v) is 9.87. The topological polar surface area (TPSA) is 70.5 Å². The molecule has 0 fully saturated rings. The second kappa shape index (κ2) is 10.3. The minimum Gasteiger partial charge on any atom is -0.493 e. The van der Waals surface area contributed by atoms with E-state index in [4.69, 9.17) is 37.4 Å². The summed E-state index contributed by atoms with van der Waals surface area (Å²) >= 11 is 12.6. The second-order valence-electron chi connectivity index (χ2n) is 6.30. The molecule has 0 amide bonds. The molecule has 0 aliphatic carbocycles. The summed E-state index contributed by atoms with van der Waals surface area (Å²) < 4.78 is 17.1. The fraction of sp³-hybridized carbons (Fsp3) is 0.227. The van der Waals surface area contributed by atoms with E-state index < -0.39 is 5.92 Å². The summed E-state index contributed by atoms with van der Waals surface area (Å²) in [6, 6.07) is 7.29. The van der Waals surface area contributed by atoms with Crippen LogP contribution in [0.1, 0.15) is 22.6 Å². The zero-order valence-corrected chi connectivity index (χ0v) is 18.0. The lowest BCUT2D eigenvalue weighted by molar-refractivity contribution is -0.108. The molecule has 0 radical (unpaired) electrons. The van der Waals surface area contributed by atoms with Crippen LogP contribution in [-0.2, 0) is 11.2 Å². The standard InChI is InChI=1S/C22H20Cl2N2O4/c1-28-19-4-3-15(16(13-27)20-17(23)11-26-12-18(20)24)21(22(19)29-2)30-10-7-14-5-8-25-9-6-14/h3-6,8-9,11-13,16H,7,10H2,1-2H3. The predicted molar refractivity (Wildman–Crippen MR) is 115 cm³/mol. The lowest BCUT2D eigenvalue weighted by Crippen LogP contribution is -2.11. The van der Waals surface area contributed by atoms with E-state index in [0.717, 1.165) is 11.8 Å². The Morgan fingerprint density at radius 3 is 2.27 bits per heavy atom. The average Bonchev–Trinajstić information content (AvgIpc) is 2.77. The van der Waals surface area contributed by atoms with Gasteiger partial charge in [-0.1, -0.05) is 29.3 Å². The van der Waals surface area contributed by atoms with Crippen molar-refractivity contribution in [3.8, 4) is 17.2 Å². The van der Waals surface area contributed by atoms with Gasteiger partial charge in [-0.15, -0.1) is 0 Å². The van der Waals surface area contributed by atoms with E-state index in [-0.39, 0.29) is 10.0 Å². The minimum atomic E-state index is -0.774. The molecular formula is C22H20Cl2N2O4. The molecule has 6 nitrogen and oxygen atoms in total. The summed E-state index contributed by atoms with van der Waals surface area (Å²) in [6.45, 7) is 0.351. The molecule has 0 aliphatic rings. The Kier molecular flexibility index (Phi) is 7.49. The number of benzene rings is 1. The first kappa shape index (κ1) is 21.9. The molecular weight excluding hydrogens is 427 g/mol. The predicted octanol–water partition coefficient (Wildman–Crippen LogP) is 4.75. The number of nitrogens with zero attached hydrogens (tertiary/aromatic N) is 2. The van der Waals surface area contributed by atoms with Gasteiger partial charge >= 0.3 is 0 Å². The molecule has 2 heterocycles. The Labute approximate surface area is 184 Å². The summed E-state index contributed by atoms with van der Waals surface area (Å²) in [5, 5.41) is 0.578. The third kappa shape index (κ3) is 4.66. The number of hydrogen-bond donors (Lipinski definition) is 0. The molecule has 0 spiro atoms. The van der Waals surface area contributed by atoms with Gasteiger partial charge in [-0.3, -0.25) is 9.97 Å². The van der Waals surface area contributed by atoms with E-state index >= 15 is 0 Å². The highest BCUT2D eigenvalue weighted by Crippen LogP contribution is 2.45. The van der Waals surface area contributed by atoms with Crippen LogP contribution in [0, 0.1) is 0 Å². The number of aromatic nitrogens is 2. The molecule has 30 heavy (non-hydrogen) atoms. The molecule has 3 rings (SSSR count). The molecule has 2 aromatic heterocycles. The number of hydrogen-bond acceptors (Lipinski definition) is 6. The van der Waals surface area contributed by atoms with Crippen molar-refractivity contribution in [2.45, 2.75) is 12.3 Å². The minimum absolute atomic E-state index is 0.289. The summed E-state index contributed by atoms with van der Waals surface area (Å²) in [7, 11) is 3.05. The molecule has 8 heteroatoms. The van der Waals surface area contributed by atoms with Crippen LogP contribution >= 0.6 is 23.2 Å². The Hall–Kier alpha value is -2.83. The zero-order chi connectivity index (χ0) is 21.5. The number of carbonyl (C=O) groups excluding carboxylic acids is 1. The maximum absolute atomic E-state index is 12.1. The van der Waals surface area contributed by atoms with Crippen molar-refractivity contribution in [2.75, 3.05) is 20.8 Å². The molecule has 0 N–H and O–H groups in total. The molecule has 1 atom stereocenters. The van der Waals surface area contributed by atoms with E-state index in [1.807, 2.05) is 12.1 Å².